The van der Waals surface area contributed by atoms with Crippen molar-refractivity contribution in [1.82, 2.24) is 9.97 Å². The molecule has 0 aromatic carbocycles. The zero-order valence-corrected chi connectivity index (χ0v) is 11.0. The number of rotatable bonds is 2. The lowest BCUT2D eigenvalue weighted by Gasteiger charge is -2.14. The van der Waals surface area contributed by atoms with Crippen LogP contribution in [0.5, 0.6) is 0 Å². The van der Waals surface area contributed by atoms with E-state index in [0.29, 0.717) is 11.3 Å². The molecule has 2 N–H and O–H groups in total. The number of aryl methyl sites for hydroxylation is 2. The number of aromatic nitrogens is 2. The van der Waals surface area contributed by atoms with Crippen LogP contribution < -0.4 is 5.73 Å². The maximum atomic E-state index is 6.06. The van der Waals surface area contributed by atoms with Gasteiger partial charge >= 0.3 is 0 Å². The predicted octanol–water partition coefficient (Wildman–Crippen LogP) is 2.37. The van der Waals surface area contributed by atoms with E-state index in [-0.39, 0.29) is 0 Å². The molecule has 0 aliphatic heterocycles. The van der Waals surface area contributed by atoms with E-state index in [1.807, 2.05) is 13.8 Å². The molecule has 4 heteroatoms. The standard InChI is InChI=1S/C12H19N3S/c1-7-8(2)14-12(15-9(7)3)16-11-6-4-5-10(11)13/h10-11H,4-6,13H2,1-3H3. The maximum absolute atomic E-state index is 6.06. The van der Waals surface area contributed by atoms with Gasteiger partial charge in [-0.15, -0.1) is 0 Å². The third kappa shape index (κ3) is 2.38. The summed E-state index contributed by atoms with van der Waals surface area (Å²) in [6.07, 6.45) is 3.57. The van der Waals surface area contributed by atoms with Crippen LogP contribution in [-0.2, 0) is 0 Å². The fraction of sp³-hybridized carbons (Fsp3) is 0.667. The minimum Gasteiger partial charge on any atom is -0.327 e. The Kier molecular flexibility index (Phi) is 3.50. The summed E-state index contributed by atoms with van der Waals surface area (Å²) >= 11 is 1.75. The number of hydrogen-bond acceptors (Lipinski definition) is 4. The highest BCUT2D eigenvalue weighted by Crippen LogP contribution is 2.32. The number of hydrogen-bond donors (Lipinski definition) is 1. The molecule has 2 atom stereocenters. The van der Waals surface area contributed by atoms with E-state index in [4.69, 9.17) is 5.73 Å². The van der Waals surface area contributed by atoms with E-state index in [0.717, 1.165) is 23.0 Å². The van der Waals surface area contributed by atoms with Crippen molar-refractivity contribution in [3.63, 3.8) is 0 Å². The van der Waals surface area contributed by atoms with Crippen LogP contribution in [0.25, 0.3) is 0 Å². The highest BCUT2D eigenvalue weighted by molar-refractivity contribution is 7.99. The van der Waals surface area contributed by atoms with Gasteiger partial charge in [-0.1, -0.05) is 18.2 Å². The molecule has 1 fully saturated rings. The van der Waals surface area contributed by atoms with E-state index in [1.54, 1.807) is 11.8 Å². The molecule has 0 bridgehead atoms. The topological polar surface area (TPSA) is 51.8 Å². The SMILES string of the molecule is Cc1nc(SC2CCCC2N)nc(C)c1C. The van der Waals surface area contributed by atoms with E-state index < -0.39 is 0 Å². The lowest BCUT2D eigenvalue weighted by atomic mass is 10.2. The summed E-state index contributed by atoms with van der Waals surface area (Å²) in [6.45, 7) is 6.16. The molecule has 0 spiro atoms. The van der Waals surface area contributed by atoms with Gasteiger partial charge in [0, 0.05) is 22.7 Å². The van der Waals surface area contributed by atoms with E-state index in [2.05, 4.69) is 16.9 Å². The van der Waals surface area contributed by atoms with Crippen LogP contribution in [0.15, 0.2) is 5.16 Å². The molecular weight excluding hydrogens is 218 g/mol. The summed E-state index contributed by atoms with van der Waals surface area (Å²) in [7, 11) is 0. The predicted molar refractivity (Wildman–Crippen MR) is 67.7 cm³/mol. The van der Waals surface area contributed by atoms with Gasteiger partial charge in [0.25, 0.3) is 0 Å². The fourth-order valence-electron chi connectivity index (χ4n) is 2.03. The van der Waals surface area contributed by atoms with Gasteiger partial charge in [0.05, 0.1) is 0 Å². The normalized spacial score (nSPS) is 25.0. The van der Waals surface area contributed by atoms with Crippen molar-refractivity contribution in [2.24, 2.45) is 5.73 Å². The van der Waals surface area contributed by atoms with E-state index in [9.17, 15) is 0 Å². The summed E-state index contributed by atoms with van der Waals surface area (Å²) < 4.78 is 0. The second kappa shape index (κ2) is 4.72. The Morgan fingerprint density at radius 2 is 1.75 bits per heavy atom. The van der Waals surface area contributed by atoms with Crippen molar-refractivity contribution in [3.05, 3.63) is 17.0 Å². The van der Waals surface area contributed by atoms with Crippen LogP contribution in [0, 0.1) is 20.8 Å². The van der Waals surface area contributed by atoms with Gasteiger partial charge in [0.15, 0.2) is 5.16 Å². The lowest BCUT2D eigenvalue weighted by Crippen LogP contribution is -2.26. The Labute approximate surface area is 101 Å². The smallest absolute Gasteiger partial charge is 0.188 e. The van der Waals surface area contributed by atoms with Crippen LogP contribution in [0.2, 0.25) is 0 Å². The monoisotopic (exact) mass is 237 g/mol. The second-order valence-corrected chi connectivity index (χ2v) is 5.76. The number of thioether (sulfide) groups is 1. The second-order valence-electron chi connectivity index (χ2n) is 4.55. The molecule has 0 amide bonds. The van der Waals surface area contributed by atoms with Crippen molar-refractivity contribution in [3.8, 4) is 0 Å². The average molecular weight is 237 g/mol. The van der Waals surface area contributed by atoms with Gasteiger partial charge in [-0.25, -0.2) is 9.97 Å². The Bertz CT molecular complexity index is 369. The van der Waals surface area contributed by atoms with Crippen molar-refractivity contribution < 1.29 is 0 Å². The molecule has 1 aromatic heterocycles. The number of nitrogens with two attached hydrogens (primary N) is 1. The summed E-state index contributed by atoms with van der Waals surface area (Å²) in [5.41, 5.74) is 9.42. The van der Waals surface area contributed by atoms with Crippen LogP contribution >= 0.6 is 11.8 Å². The summed E-state index contributed by atoms with van der Waals surface area (Å²) in [6, 6.07) is 0.315. The first-order chi connectivity index (χ1) is 7.58. The third-order valence-electron chi connectivity index (χ3n) is 3.37. The molecule has 1 aliphatic carbocycles. The van der Waals surface area contributed by atoms with Crippen LogP contribution in [0.3, 0.4) is 0 Å². The van der Waals surface area contributed by atoms with Crippen LogP contribution in [-0.4, -0.2) is 21.3 Å². The maximum Gasteiger partial charge on any atom is 0.188 e. The zero-order chi connectivity index (χ0) is 11.7. The Hall–Kier alpha value is -0.610. The van der Waals surface area contributed by atoms with Gasteiger partial charge in [0.1, 0.15) is 0 Å². The van der Waals surface area contributed by atoms with Gasteiger partial charge in [-0.2, -0.15) is 0 Å². The minimum atomic E-state index is 0.315. The molecule has 0 radical (unpaired) electrons. The molecule has 1 aliphatic rings. The minimum absolute atomic E-state index is 0.315. The Morgan fingerprint density at radius 1 is 1.12 bits per heavy atom. The van der Waals surface area contributed by atoms with E-state index in [1.165, 1.54) is 18.4 Å². The molecule has 88 valence electrons. The molecule has 16 heavy (non-hydrogen) atoms. The molecule has 1 saturated carbocycles. The first-order valence-electron chi connectivity index (χ1n) is 5.82. The molecular formula is C12H19N3S. The lowest BCUT2D eigenvalue weighted by molar-refractivity contribution is 0.713. The summed E-state index contributed by atoms with van der Waals surface area (Å²) in [4.78, 5) is 9.06. The third-order valence-corrected chi connectivity index (χ3v) is 4.65. The van der Waals surface area contributed by atoms with Crippen LogP contribution in [0.4, 0.5) is 0 Å². The molecule has 0 saturated heterocycles. The van der Waals surface area contributed by atoms with Gasteiger partial charge < -0.3 is 5.73 Å². The van der Waals surface area contributed by atoms with Crippen molar-refractivity contribution in [2.75, 3.05) is 0 Å². The highest BCUT2D eigenvalue weighted by atomic mass is 32.2. The van der Waals surface area contributed by atoms with Gasteiger partial charge in [-0.3, -0.25) is 0 Å². The summed E-state index contributed by atoms with van der Waals surface area (Å²) in [5.74, 6) is 0. The van der Waals surface area contributed by atoms with Crippen molar-refractivity contribution in [1.29, 1.82) is 0 Å². The van der Waals surface area contributed by atoms with Crippen LogP contribution in [0.1, 0.15) is 36.2 Å². The highest BCUT2D eigenvalue weighted by Gasteiger charge is 2.25. The number of nitrogens with zero attached hydrogens (tertiary/aromatic N) is 2. The molecule has 1 aromatic rings. The first kappa shape index (κ1) is 11.9. The largest absolute Gasteiger partial charge is 0.327 e. The summed E-state index contributed by atoms with van der Waals surface area (Å²) in [5, 5.41) is 1.39. The molecule has 2 rings (SSSR count). The first-order valence-corrected chi connectivity index (χ1v) is 6.70. The molecule has 1 heterocycles. The molecule has 3 nitrogen and oxygen atoms in total. The van der Waals surface area contributed by atoms with E-state index >= 15 is 0 Å². The van der Waals surface area contributed by atoms with Crippen molar-refractivity contribution in [2.45, 2.75) is 56.5 Å². The zero-order valence-electron chi connectivity index (χ0n) is 10.2. The molecule has 2 unspecified atom stereocenters. The van der Waals surface area contributed by atoms with Gasteiger partial charge in [0.2, 0.25) is 0 Å². The van der Waals surface area contributed by atoms with Gasteiger partial charge in [-0.05, 0) is 39.2 Å². The average Bonchev–Trinajstić information content (AvgIpc) is 2.61. The fourth-order valence-corrected chi connectivity index (χ4v) is 3.28. The van der Waals surface area contributed by atoms with Crippen molar-refractivity contribution >= 4 is 11.8 Å². The quantitative estimate of drug-likeness (QED) is 0.802. The Morgan fingerprint density at radius 3 is 2.25 bits per heavy atom. The Balaban J connectivity index is 2.15.